The van der Waals surface area contributed by atoms with E-state index in [1.54, 1.807) is 21.3 Å². The molecule has 46 heavy (non-hydrogen) atoms. The number of hydrogen-bond donors (Lipinski definition) is 2. The lowest BCUT2D eigenvalue weighted by Crippen LogP contribution is -2.03. The average molecular weight is 631 g/mol. The van der Waals surface area contributed by atoms with Crippen LogP contribution in [0, 0.1) is 0 Å². The van der Waals surface area contributed by atoms with Crippen molar-refractivity contribution in [1.29, 1.82) is 0 Å². The summed E-state index contributed by atoms with van der Waals surface area (Å²) in [6, 6.07) is 26.4. The SMILES string of the molecule is COCCCCOc1ccc(-c2ccc(-c3cc(OC)c(OCCCCO)c(-c4ccc(OC)c(OCCCO)c4)c3)cc2)cc1. The van der Waals surface area contributed by atoms with Crippen LogP contribution in [0.25, 0.3) is 33.4 Å². The molecule has 0 fully saturated rings. The van der Waals surface area contributed by atoms with Gasteiger partial charge in [-0.05, 0) is 89.9 Å². The molecular weight excluding hydrogens is 584 g/mol. The largest absolute Gasteiger partial charge is 0.494 e. The number of benzene rings is 4. The molecule has 0 amide bonds. The summed E-state index contributed by atoms with van der Waals surface area (Å²) < 4.78 is 34.6. The van der Waals surface area contributed by atoms with Crippen LogP contribution in [0.1, 0.15) is 32.1 Å². The van der Waals surface area contributed by atoms with Gasteiger partial charge in [-0.1, -0.05) is 42.5 Å². The molecule has 8 nitrogen and oxygen atoms in total. The predicted molar refractivity (Wildman–Crippen MR) is 181 cm³/mol. The van der Waals surface area contributed by atoms with Crippen molar-refractivity contribution in [1.82, 2.24) is 0 Å². The molecule has 8 heteroatoms. The Labute approximate surface area is 272 Å². The second-order valence-electron chi connectivity index (χ2n) is 10.8. The second-order valence-corrected chi connectivity index (χ2v) is 10.8. The van der Waals surface area contributed by atoms with E-state index in [-0.39, 0.29) is 13.2 Å². The van der Waals surface area contributed by atoms with Crippen LogP contribution in [0.2, 0.25) is 0 Å². The molecule has 0 unspecified atom stereocenters. The molecule has 2 N–H and O–H groups in total. The van der Waals surface area contributed by atoms with E-state index in [2.05, 4.69) is 42.5 Å². The van der Waals surface area contributed by atoms with Crippen LogP contribution in [0.3, 0.4) is 0 Å². The van der Waals surface area contributed by atoms with Crippen LogP contribution in [0.15, 0.2) is 78.9 Å². The quantitative estimate of drug-likeness (QED) is 0.0975. The van der Waals surface area contributed by atoms with E-state index in [4.69, 9.17) is 28.4 Å². The summed E-state index contributed by atoms with van der Waals surface area (Å²) in [5.41, 5.74) is 5.92. The van der Waals surface area contributed by atoms with E-state index < -0.39 is 0 Å². The maximum absolute atomic E-state index is 9.26. The Kier molecular flexibility index (Phi) is 14.0. The Morgan fingerprint density at radius 3 is 1.65 bits per heavy atom. The fourth-order valence-electron chi connectivity index (χ4n) is 5.01. The van der Waals surface area contributed by atoms with Gasteiger partial charge in [0.25, 0.3) is 0 Å². The molecule has 0 aliphatic carbocycles. The second kappa shape index (κ2) is 18.7. The molecule has 0 aromatic heterocycles. The van der Waals surface area contributed by atoms with E-state index in [0.29, 0.717) is 62.1 Å². The van der Waals surface area contributed by atoms with E-state index in [9.17, 15) is 10.2 Å². The van der Waals surface area contributed by atoms with Crippen LogP contribution in [0.4, 0.5) is 0 Å². The summed E-state index contributed by atoms with van der Waals surface area (Å²) in [7, 11) is 4.95. The monoisotopic (exact) mass is 630 g/mol. The molecule has 0 atom stereocenters. The van der Waals surface area contributed by atoms with Crippen molar-refractivity contribution in [3.05, 3.63) is 78.9 Å². The number of aliphatic hydroxyl groups is 2. The number of rotatable bonds is 20. The Hall–Kier alpha value is -4.24. The van der Waals surface area contributed by atoms with Gasteiger partial charge in [0.2, 0.25) is 0 Å². The molecule has 246 valence electrons. The lowest BCUT2D eigenvalue weighted by atomic mass is 9.95. The Morgan fingerprint density at radius 2 is 1.00 bits per heavy atom. The van der Waals surface area contributed by atoms with Gasteiger partial charge in [0, 0.05) is 38.9 Å². The number of hydrogen-bond acceptors (Lipinski definition) is 8. The minimum atomic E-state index is 0.0429. The zero-order chi connectivity index (χ0) is 32.6. The Morgan fingerprint density at radius 1 is 0.457 bits per heavy atom. The van der Waals surface area contributed by atoms with Crippen LogP contribution < -0.4 is 23.7 Å². The average Bonchev–Trinajstić information content (AvgIpc) is 3.10. The molecule has 4 rings (SSSR count). The van der Waals surface area contributed by atoms with Crippen LogP contribution in [-0.4, -0.2) is 71.2 Å². The Balaban J connectivity index is 1.63. The molecule has 0 radical (unpaired) electrons. The van der Waals surface area contributed by atoms with Crippen molar-refractivity contribution in [2.45, 2.75) is 32.1 Å². The smallest absolute Gasteiger partial charge is 0.168 e. The zero-order valence-corrected chi connectivity index (χ0v) is 27.1. The minimum Gasteiger partial charge on any atom is -0.494 e. The van der Waals surface area contributed by atoms with E-state index >= 15 is 0 Å². The number of aliphatic hydroxyl groups excluding tert-OH is 2. The van der Waals surface area contributed by atoms with Crippen molar-refractivity contribution >= 4 is 0 Å². The van der Waals surface area contributed by atoms with Gasteiger partial charge in [-0.25, -0.2) is 0 Å². The molecular formula is C38H46O8. The molecule has 0 spiro atoms. The van der Waals surface area contributed by atoms with Gasteiger partial charge in [0.1, 0.15) is 5.75 Å². The van der Waals surface area contributed by atoms with Gasteiger partial charge in [0.05, 0.1) is 34.0 Å². The third-order valence-electron chi connectivity index (χ3n) is 7.53. The fourth-order valence-corrected chi connectivity index (χ4v) is 5.01. The molecule has 0 bridgehead atoms. The van der Waals surface area contributed by atoms with Gasteiger partial charge in [-0.3, -0.25) is 0 Å². The number of unbranched alkanes of at least 4 members (excludes halogenated alkanes) is 2. The molecule has 0 saturated heterocycles. The number of methoxy groups -OCH3 is 3. The third kappa shape index (κ3) is 9.63. The zero-order valence-electron chi connectivity index (χ0n) is 27.1. The van der Waals surface area contributed by atoms with Crippen molar-refractivity contribution in [3.8, 4) is 62.1 Å². The molecule has 4 aromatic carbocycles. The third-order valence-corrected chi connectivity index (χ3v) is 7.53. The molecule has 4 aromatic rings. The topological polar surface area (TPSA) is 95.8 Å². The van der Waals surface area contributed by atoms with Crippen LogP contribution in [0.5, 0.6) is 28.7 Å². The Bertz CT molecular complexity index is 1470. The summed E-state index contributed by atoms with van der Waals surface area (Å²) in [4.78, 5) is 0. The molecule has 0 aliphatic rings. The lowest BCUT2D eigenvalue weighted by molar-refractivity contribution is 0.184. The lowest BCUT2D eigenvalue weighted by Gasteiger charge is -2.19. The standard InChI is InChI=1S/C38H46O8/c1-41-21-6-7-22-44-33-16-13-29(14-17-33)28-9-11-30(12-10-28)32-25-34(38(37(27-32)43-3)46-23-5-4-19-39)31-15-18-35(42-2)36(26-31)45-24-8-20-40/h9-18,25-27,39-40H,4-8,19-24H2,1-3H3. The van der Waals surface area contributed by atoms with E-state index in [0.717, 1.165) is 58.6 Å². The van der Waals surface area contributed by atoms with E-state index in [1.165, 1.54) is 0 Å². The summed E-state index contributed by atoms with van der Waals surface area (Å²) in [5.74, 6) is 3.27. The first-order valence-corrected chi connectivity index (χ1v) is 15.8. The number of ether oxygens (including phenoxy) is 6. The van der Waals surface area contributed by atoms with Crippen molar-refractivity contribution < 1.29 is 38.6 Å². The van der Waals surface area contributed by atoms with Gasteiger partial charge >= 0.3 is 0 Å². The van der Waals surface area contributed by atoms with Crippen molar-refractivity contribution in [3.63, 3.8) is 0 Å². The van der Waals surface area contributed by atoms with Crippen LogP contribution >= 0.6 is 0 Å². The fraction of sp³-hybridized carbons (Fsp3) is 0.368. The highest BCUT2D eigenvalue weighted by Gasteiger charge is 2.18. The summed E-state index contributed by atoms with van der Waals surface area (Å²) in [6.07, 6.45) is 3.81. The van der Waals surface area contributed by atoms with Crippen molar-refractivity contribution in [2.24, 2.45) is 0 Å². The highest BCUT2D eigenvalue weighted by atomic mass is 16.5. The van der Waals surface area contributed by atoms with E-state index in [1.807, 2.05) is 36.4 Å². The normalized spacial score (nSPS) is 10.9. The first kappa shape index (κ1) is 34.6. The summed E-state index contributed by atoms with van der Waals surface area (Å²) >= 11 is 0. The minimum absolute atomic E-state index is 0.0429. The van der Waals surface area contributed by atoms with Gasteiger partial charge in [-0.2, -0.15) is 0 Å². The summed E-state index contributed by atoms with van der Waals surface area (Å²) in [6.45, 7) is 2.37. The molecule has 0 heterocycles. The van der Waals surface area contributed by atoms with Gasteiger partial charge < -0.3 is 38.6 Å². The van der Waals surface area contributed by atoms with Crippen LogP contribution in [-0.2, 0) is 4.74 Å². The first-order chi connectivity index (χ1) is 22.6. The highest BCUT2D eigenvalue weighted by Crippen LogP contribution is 2.44. The predicted octanol–water partition coefficient (Wildman–Crippen LogP) is 7.42. The van der Waals surface area contributed by atoms with Gasteiger partial charge in [-0.15, -0.1) is 0 Å². The molecule has 0 aliphatic heterocycles. The van der Waals surface area contributed by atoms with Crippen molar-refractivity contribution in [2.75, 3.05) is 61.0 Å². The maximum atomic E-state index is 9.26. The maximum Gasteiger partial charge on any atom is 0.168 e. The first-order valence-electron chi connectivity index (χ1n) is 15.8. The summed E-state index contributed by atoms with van der Waals surface area (Å²) in [5, 5.41) is 18.5. The van der Waals surface area contributed by atoms with Gasteiger partial charge in [0.15, 0.2) is 23.0 Å². The highest BCUT2D eigenvalue weighted by molar-refractivity contribution is 5.83. The molecule has 0 saturated carbocycles.